The second-order valence-electron chi connectivity index (χ2n) is 8.03. The molecule has 1 N–H and O–H groups in total. The normalized spacial score (nSPS) is 19.6. The highest BCUT2D eigenvalue weighted by molar-refractivity contribution is 5.78. The standard InChI is InChI=1S/C21H26F2N6O3/c1-14-11-16(25-26-20(14)31)17-3-2-6-29(17)13-19(30)28-9-7-27(8-10-28)18-5-4-15(12-24-18)32-21(22)23/h4-5,11-12,17,21H,2-3,6-10,13H2,1H3,(H,26,31). The summed E-state index contributed by atoms with van der Waals surface area (Å²) >= 11 is 0. The zero-order valence-electron chi connectivity index (χ0n) is 17.8. The molecule has 172 valence electrons. The molecule has 4 heterocycles. The van der Waals surface area contributed by atoms with Crippen molar-refractivity contribution in [3.05, 3.63) is 46.0 Å². The summed E-state index contributed by atoms with van der Waals surface area (Å²) in [6.45, 7) is 2.33. The summed E-state index contributed by atoms with van der Waals surface area (Å²) in [5.74, 6) is 0.745. The van der Waals surface area contributed by atoms with E-state index in [2.05, 4.69) is 24.8 Å². The minimum absolute atomic E-state index is 0.0184. The van der Waals surface area contributed by atoms with Crippen LogP contribution in [0.2, 0.25) is 0 Å². The molecule has 11 heteroatoms. The number of nitrogens with zero attached hydrogens (tertiary/aromatic N) is 5. The molecule has 0 saturated carbocycles. The van der Waals surface area contributed by atoms with Gasteiger partial charge in [-0.3, -0.25) is 14.5 Å². The first-order chi connectivity index (χ1) is 15.4. The van der Waals surface area contributed by atoms with E-state index >= 15 is 0 Å². The van der Waals surface area contributed by atoms with Crippen molar-refractivity contribution in [2.75, 3.05) is 44.2 Å². The van der Waals surface area contributed by atoms with Gasteiger partial charge in [0.2, 0.25) is 5.91 Å². The molecular weight excluding hydrogens is 422 g/mol. The molecule has 2 aromatic heterocycles. The number of carbonyl (C=O) groups is 1. The number of halogens is 2. The number of aryl methyl sites for hydroxylation is 1. The first kappa shape index (κ1) is 22.1. The Balaban J connectivity index is 1.31. The molecule has 1 amide bonds. The van der Waals surface area contributed by atoms with E-state index in [1.807, 2.05) is 9.80 Å². The number of hydrogen-bond acceptors (Lipinski definition) is 7. The van der Waals surface area contributed by atoms with Crippen molar-refractivity contribution in [2.45, 2.75) is 32.4 Å². The van der Waals surface area contributed by atoms with E-state index in [1.54, 1.807) is 19.1 Å². The predicted molar refractivity (Wildman–Crippen MR) is 113 cm³/mol. The van der Waals surface area contributed by atoms with Gasteiger partial charge in [0.25, 0.3) is 5.56 Å². The molecule has 2 aliphatic heterocycles. The number of aromatic nitrogens is 3. The van der Waals surface area contributed by atoms with Crippen molar-refractivity contribution in [1.29, 1.82) is 0 Å². The molecule has 4 rings (SSSR count). The number of carbonyl (C=O) groups excluding carboxylic acids is 1. The third-order valence-electron chi connectivity index (χ3n) is 5.95. The number of ether oxygens (including phenoxy) is 1. The minimum atomic E-state index is -2.88. The highest BCUT2D eigenvalue weighted by Gasteiger charge is 2.31. The number of pyridine rings is 1. The lowest BCUT2D eigenvalue weighted by atomic mass is 10.1. The summed E-state index contributed by atoms with van der Waals surface area (Å²) in [7, 11) is 0. The molecule has 0 aliphatic carbocycles. The second kappa shape index (κ2) is 9.60. The maximum absolute atomic E-state index is 12.9. The van der Waals surface area contributed by atoms with Crippen LogP contribution in [0.5, 0.6) is 5.75 Å². The first-order valence-corrected chi connectivity index (χ1v) is 10.6. The topological polar surface area (TPSA) is 94.7 Å². The zero-order valence-corrected chi connectivity index (χ0v) is 17.8. The average molecular weight is 448 g/mol. The summed E-state index contributed by atoms with van der Waals surface area (Å²) < 4.78 is 28.9. The van der Waals surface area contributed by atoms with Crippen LogP contribution >= 0.6 is 0 Å². The van der Waals surface area contributed by atoms with Gasteiger partial charge in [-0.1, -0.05) is 0 Å². The summed E-state index contributed by atoms with van der Waals surface area (Å²) in [6, 6.07) is 4.93. The van der Waals surface area contributed by atoms with Crippen molar-refractivity contribution >= 4 is 11.7 Å². The van der Waals surface area contributed by atoms with Crippen molar-refractivity contribution in [3.63, 3.8) is 0 Å². The van der Waals surface area contributed by atoms with Gasteiger partial charge in [-0.25, -0.2) is 10.1 Å². The molecule has 9 nitrogen and oxygen atoms in total. The molecule has 2 aliphatic rings. The van der Waals surface area contributed by atoms with E-state index in [-0.39, 0.29) is 23.3 Å². The van der Waals surface area contributed by atoms with Crippen molar-refractivity contribution in [2.24, 2.45) is 0 Å². The summed E-state index contributed by atoms with van der Waals surface area (Å²) in [4.78, 5) is 34.7. The Labute approximate surface area is 184 Å². The quantitative estimate of drug-likeness (QED) is 0.717. The number of hydrogen-bond donors (Lipinski definition) is 1. The van der Waals surface area contributed by atoms with Crippen molar-refractivity contribution in [3.8, 4) is 5.75 Å². The van der Waals surface area contributed by atoms with Crippen LogP contribution < -0.4 is 15.2 Å². The number of likely N-dealkylation sites (tertiary alicyclic amines) is 1. The number of piperazine rings is 1. The largest absolute Gasteiger partial charge is 0.433 e. The van der Waals surface area contributed by atoms with Gasteiger partial charge in [0.1, 0.15) is 11.6 Å². The van der Waals surface area contributed by atoms with Crippen LogP contribution in [0.25, 0.3) is 0 Å². The van der Waals surface area contributed by atoms with Gasteiger partial charge in [0.15, 0.2) is 0 Å². The van der Waals surface area contributed by atoms with E-state index in [4.69, 9.17) is 0 Å². The lowest BCUT2D eigenvalue weighted by Crippen LogP contribution is -2.51. The summed E-state index contributed by atoms with van der Waals surface area (Å²) in [5, 5.41) is 6.72. The van der Waals surface area contributed by atoms with Gasteiger partial charge >= 0.3 is 6.61 Å². The number of anilines is 1. The van der Waals surface area contributed by atoms with Crippen LogP contribution in [0.1, 0.15) is 30.1 Å². The Hall–Kier alpha value is -3.08. The van der Waals surface area contributed by atoms with Gasteiger partial charge < -0.3 is 14.5 Å². The minimum Gasteiger partial charge on any atom is -0.433 e. The predicted octanol–water partition coefficient (Wildman–Crippen LogP) is 1.56. The number of rotatable bonds is 6. The van der Waals surface area contributed by atoms with E-state index < -0.39 is 6.61 Å². The fourth-order valence-electron chi connectivity index (χ4n) is 4.23. The van der Waals surface area contributed by atoms with Crippen LogP contribution in [0.3, 0.4) is 0 Å². The van der Waals surface area contributed by atoms with Gasteiger partial charge in [-0.15, -0.1) is 0 Å². The molecule has 0 spiro atoms. The van der Waals surface area contributed by atoms with E-state index in [9.17, 15) is 18.4 Å². The van der Waals surface area contributed by atoms with Crippen LogP contribution in [-0.2, 0) is 4.79 Å². The monoisotopic (exact) mass is 448 g/mol. The molecular formula is C21H26F2N6O3. The average Bonchev–Trinajstić information content (AvgIpc) is 3.24. The van der Waals surface area contributed by atoms with Crippen molar-refractivity contribution < 1.29 is 18.3 Å². The molecule has 2 fully saturated rings. The highest BCUT2D eigenvalue weighted by atomic mass is 19.3. The van der Waals surface area contributed by atoms with E-state index in [1.165, 1.54) is 12.3 Å². The maximum Gasteiger partial charge on any atom is 0.387 e. The number of nitrogens with one attached hydrogen (secondary N) is 1. The molecule has 2 saturated heterocycles. The first-order valence-electron chi connectivity index (χ1n) is 10.6. The van der Waals surface area contributed by atoms with Crippen molar-refractivity contribution in [1.82, 2.24) is 25.0 Å². The zero-order chi connectivity index (χ0) is 22.7. The van der Waals surface area contributed by atoms with E-state index in [0.29, 0.717) is 44.1 Å². The smallest absolute Gasteiger partial charge is 0.387 e. The Morgan fingerprint density at radius 1 is 1.25 bits per heavy atom. The van der Waals surface area contributed by atoms with Crippen LogP contribution in [0.4, 0.5) is 14.6 Å². The van der Waals surface area contributed by atoms with Gasteiger partial charge in [0, 0.05) is 31.7 Å². The molecule has 32 heavy (non-hydrogen) atoms. The summed E-state index contributed by atoms with van der Waals surface area (Å²) in [5.41, 5.74) is 1.21. The molecule has 0 radical (unpaired) electrons. The third kappa shape index (κ3) is 5.04. The maximum atomic E-state index is 12.9. The number of amides is 1. The molecule has 1 atom stereocenters. The van der Waals surface area contributed by atoms with Crippen LogP contribution in [0.15, 0.2) is 29.2 Å². The Morgan fingerprint density at radius 3 is 2.69 bits per heavy atom. The molecule has 2 aromatic rings. The van der Waals surface area contributed by atoms with Crippen LogP contribution in [-0.4, -0.2) is 76.8 Å². The fourth-order valence-corrected chi connectivity index (χ4v) is 4.23. The molecule has 0 bridgehead atoms. The number of alkyl halides is 2. The Kier molecular flexibility index (Phi) is 6.63. The summed E-state index contributed by atoms with van der Waals surface area (Å²) in [6.07, 6.45) is 3.15. The Bertz CT molecular complexity index is 992. The lowest BCUT2D eigenvalue weighted by molar-refractivity contribution is -0.133. The van der Waals surface area contributed by atoms with Crippen LogP contribution in [0, 0.1) is 6.92 Å². The molecule has 1 unspecified atom stereocenters. The van der Waals surface area contributed by atoms with Gasteiger partial charge in [-0.2, -0.15) is 13.9 Å². The SMILES string of the molecule is Cc1cc(C2CCCN2CC(=O)N2CCN(c3ccc(OC(F)F)cn3)CC2)n[nH]c1=O. The number of H-pyrrole nitrogens is 1. The Morgan fingerprint density at radius 2 is 2.03 bits per heavy atom. The fraction of sp³-hybridized carbons (Fsp3) is 0.524. The van der Waals surface area contributed by atoms with Gasteiger partial charge in [-0.05, 0) is 44.5 Å². The highest BCUT2D eigenvalue weighted by Crippen LogP contribution is 2.30. The van der Waals surface area contributed by atoms with E-state index in [0.717, 1.165) is 25.1 Å². The van der Waals surface area contributed by atoms with Gasteiger partial charge in [0.05, 0.1) is 24.5 Å². The third-order valence-corrected chi connectivity index (χ3v) is 5.95. The molecule has 0 aromatic carbocycles. The lowest BCUT2D eigenvalue weighted by Gasteiger charge is -2.36. The number of aromatic amines is 1. The second-order valence-corrected chi connectivity index (χ2v) is 8.03.